The molecule has 2 saturated heterocycles. The van der Waals surface area contributed by atoms with Crippen molar-refractivity contribution in [2.24, 2.45) is 0 Å². The molecule has 5 nitrogen and oxygen atoms in total. The van der Waals surface area contributed by atoms with Crippen LogP contribution in [0.3, 0.4) is 0 Å². The molecule has 0 bridgehead atoms. The Kier molecular flexibility index (Phi) is 4.39. The van der Waals surface area contributed by atoms with Gasteiger partial charge in [0, 0.05) is 37.9 Å². The summed E-state index contributed by atoms with van der Waals surface area (Å²) in [4.78, 5) is 21.4. The average molecular weight is 288 g/mol. The smallest absolute Gasteiger partial charge is 0.254 e. The van der Waals surface area contributed by atoms with Crippen molar-refractivity contribution in [3.63, 3.8) is 0 Å². The van der Waals surface area contributed by atoms with Crippen molar-refractivity contribution in [2.45, 2.75) is 31.7 Å². The largest absolute Gasteiger partial charge is 0.373 e. The monoisotopic (exact) mass is 288 g/mol. The van der Waals surface area contributed by atoms with Crippen LogP contribution >= 0.6 is 0 Å². The van der Waals surface area contributed by atoms with Crippen LogP contribution < -0.4 is 5.32 Å². The van der Waals surface area contributed by atoms with Gasteiger partial charge < -0.3 is 10.2 Å². The first kappa shape index (κ1) is 14.3. The first-order valence-corrected chi connectivity index (χ1v) is 7.95. The van der Waals surface area contributed by atoms with E-state index in [2.05, 4.69) is 15.2 Å². The van der Waals surface area contributed by atoms with Gasteiger partial charge in [-0.1, -0.05) is 0 Å². The lowest BCUT2D eigenvalue weighted by Crippen LogP contribution is -2.49. The van der Waals surface area contributed by atoms with E-state index in [0.29, 0.717) is 6.04 Å². The number of aromatic nitrogens is 1. The standard InChI is InChI=1S/C16H24N4O/c1-17-15-11-13(6-7-18-15)16(21)20-10-4-5-14(12-20)19-8-2-3-9-19/h6-7,11,14H,2-5,8-10,12H2,1H3,(H,17,18)/t14-/m0/s1. The van der Waals surface area contributed by atoms with Crippen LogP contribution in [0.4, 0.5) is 5.82 Å². The molecule has 0 saturated carbocycles. The van der Waals surface area contributed by atoms with E-state index in [1.807, 2.05) is 24.1 Å². The van der Waals surface area contributed by atoms with Gasteiger partial charge in [0.2, 0.25) is 0 Å². The van der Waals surface area contributed by atoms with Crippen LogP contribution in [0.15, 0.2) is 18.3 Å². The SMILES string of the molecule is CNc1cc(C(=O)N2CCC[C@H](N3CCCC3)C2)ccn1. The number of nitrogens with zero attached hydrogens (tertiary/aromatic N) is 3. The van der Waals surface area contributed by atoms with Gasteiger partial charge >= 0.3 is 0 Å². The van der Waals surface area contributed by atoms with Gasteiger partial charge in [-0.2, -0.15) is 0 Å². The van der Waals surface area contributed by atoms with Crippen LogP contribution in [0.5, 0.6) is 0 Å². The summed E-state index contributed by atoms with van der Waals surface area (Å²) in [7, 11) is 1.82. The van der Waals surface area contributed by atoms with E-state index in [1.165, 1.54) is 32.4 Å². The van der Waals surface area contributed by atoms with E-state index in [-0.39, 0.29) is 5.91 Å². The first-order chi connectivity index (χ1) is 10.3. The molecule has 3 heterocycles. The van der Waals surface area contributed by atoms with Gasteiger partial charge in [0.05, 0.1) is 0 Å². The van der Waals surface area contributed by atoms with Crippen LogP contribution in [0.1, 0.15) is 36.0 Å². The fourth-order valence-electron chi connectivity index (χ4n) is 3.43. The van der Waals surface area contributed by atoms with Crippen molar-refractivity contribution in [1.29, 1.82) is 0 Å². The number of carbonyl (C=O) groups excluding carboxylic acids is 1. The highest BCUT2D eigenvalue weighted by Gasteiger charge is 2.29. The molecule has 1 aromatic rings. The highest BCUT2D eigenvalue weighted by Crippen LogP contribution is 2.22. The molecular formula is C16H24N4O. The minimum absolute atomic E-state index is 0.137. The zero-order valence-electron chi connectivity index (χ0n) is 12.7. The van der Waals surface area contributed by atoms with Crippen molar-refractivity contribution < 1.29 is 4.79 Å². The number of nitrogens with one attached hydrogen (secondary N) is 1. The lowest BCUT2D eigenvalue weighted by Gasteiger charge is -2.37. The van der Waals surface area contributed by atoms with Gasteiger partial charge in [-0.05, 0) is 50.9 Å². The molecule has 2 aliphatic heterocycles. The average Bonchev–Trinajstić information content (AvgIpc) is 3.09. The van der Waals surface area contributed by atoms with E-state index in [1.54, 1.807) is 6.20 Å². The zero-order chi connectivity index (χ0) is 14.7. The van der Waals surface area contributed by atoms with Crippen molar-refractivity contribution in [1.82, 2.24) is 14.8 Å². The maximum Gasteiger partial charge on any atom is 0.254 e. The predicted molar refractivity (Wildman–Crippen MR) is 83.5 cm³/mol. The van der Waals surface area contributed by atoms with Gasteiger partial charge in [-0.15, -0.1) is 0 Å². The maximum atomic E-state index is 12.7. The minimum atomic E-state index is 0.137. The van der Waals surface area contributed by atoms with Crippen LogP contribution in [-0.2, 0) is 0 Å². The predicted octanol–water partition coefficient (Wildman–Crippen LogP) is 1.82. The van der Waals surface area contributed by atoms with Gasteiger partial charge in [0.1, 0.15) is 5.82 Å². The molecule has 0 spiro atoms. The molecule has 0 unspecified atom stereocenters. The number of likely N-dealkylation sites (tertiary alicyclic amines) is 2. The molecule has 0 aromatic carbocycles. The zero-order valence-corrected chi connectivity index (χ0v) is 12.7. The number of anilines is 1. The summed E-state index contributed by atoms with van der Waals surface area (Å²) in [6.07, 6.45) is 6.64. The molecule has 1 aromatic heterocycles. The second-order valence-corrected chi connectivity index (χ2v) is 5.97. The summed E-state index contributed by atoms with van der Waals surface area (Å²) in [5, 5.41) is 2.99. The van der Waals surface area contributed by atoms with E-state index in [0.717, 1.165) is 30.9 Å². The third-order valence-corrected chi connectivity index (χ3v) is 4.60. The molecule has 3 rings (SSSR count). The number of carbonyl (C=O) groups is 1. The van der Waals surface area contributed by atoms with Crippen molar-refractivity contribution in [3.05, 3.63) is 23.9 Å². The Morgan fingerprint density at radius 3 is 2.86 bits per heavy atom. The van der Waals surface area contributed by atoms with Crippen molar-refractivity contribution in [2.75, 3.05) is 38.5 Å². The van der Waals surface area contributed by atoms with Crippen LogP contribution in [0.25, 0.3) is 0 Å². The molecule has 2 fully saturated rings. The van der Waals surface area contributed by atoms with Gasteiger partial charge in [-0.25, -0.2) is 4.98 Å². The van der Waals surface area contributed by atoms with Crippen LogP contribution in [0.2, 0.25) is 0 Å². The molecule has 114 valence electrons. The van der Waals surface area contributed by atoms with Crippen molar-refractivity contribution >= 4 is 11.7 Å². The quantitative estimate of drug-likeness (QED) is 0.922. The minimum Gasteiger partial charge on any atom is -0.373 e. The third-order valence-electron chi connectivity index (χ3n) is 4.60. The summed E-state index contributed by atoms with van der Waals surface area (Å²) in [6, 6.07) is 4.19. The Morgan fingerprint density at radius 2 is 2.10 bits per heavy atom. The molecule has 0 radical (unpaired) electrons. The molecular weight excluding hydrogens is 264 g/mol. The summed E-state index contributed by atoms with van der Waals surface area (Å²) in [6.45, 7) is 4.15. The van der Waals surface area contributed by atoms with Crippen LogP contribution in [0, 0.1) is 0 Å². The fraction of sp³-hybridized carbons (Fsp3) is 0.625. The summed E-state index contributed by atoms with van der Waals surface area (Å²) < 4.78 is 0. The van der Waals surface area contributed by atoms with E-state index in [9.17, 15) is 4.79 Å². The highest BCUT2D eigenvalue weighted by molar-refractivity contribution is 5.94. The summed E-state index contributed by atoms with van der Waals surface area (Å²) in [5.74, 6) is 0.881. The normalized spacial score (nSPS) is 23.3. The lowest BCUT2D eigenvalue weighted by molar-refractivity contribution is 0.0608. The second-order valence-electron chi connectivity index (χ2n) is 5.97. The third kappa shape index (κ3) is 3.18. The van der Waals surface area contributed by atoms with Gasteiger partial charge in [0.15, 0.2) is 0 Å². The highest BCUT2D eigenvalue weighted by atomic mass is 16.2. The summed E-state index contributed by atoms with van der Waals surface area (Å²) in [5.41, 5.74) is 0.733. The Morgan fingerprint density at radius 1 is 1.29 bits per heavy atom. The molecule has 2 aliphatic rings. The molecule has 0 aliphatic carbocycles. The molecule has 21 heavy (non-hydrogen) atoms. The molecule has 1 amide bonds. The Balaban J connectivity index is 1.68. The van der Waals surface area contributed by atoms with Gasteiger partial charge in [-0.3, -0.25) is 9.69 Å². The van der Waals surface area contributed by atoms with E-state index in [4.69, 9.17) is 0 Å². The maximum absolute atomic E-state index is 12.7. The van der Waals surface area contributed by atoms with Gasteiger partial charge in [0.25, 0.3) is 5.91 Å². The fourth-order valence-corrected chi connectivity index (χ4v) is 3.43. The molecule has 1 atom stereocenters. The Bertz CT molecular complexity index is 499. The first-order valence-electron chi connectivity index (χ1n) is 7.95. The number of piperidine rings is 1. The second kappa shape index (κ2) is 6.43. The number of amides is 1. The van der Waals surface area contributed by atoms with Crippen molar-refractivity contribution in [3.8, 4) is 0 Å². The van der Waals surface area contributed by atoms with E-state index < -0.39 is 0 Å². The number of rotatable bonds is 3. The number of hydrogen-bond acceptors (Lipinski definition) is 4. The molecule has 1 N–H and O–H groups in total. The Hall–Kier alpha value is -1.62. The lowest BCUT2D eigenvalue weighted by atomic mass is 10.0. The number of hydrogen-bond donors (Lipinski definition) is 1. The number of pyridine rings is 1. The topological polar surface area (TPSA) is 48.5 Å². The van der Waals surface area contributed by atoms with Crippen LogP contribution in [-0.4, -0.2) is 60.0 Å². The van der Waals surface area contributed by atoms with E-state index >= 15 is 0 Å². The molecule has 5 heteroatoms. The summed E-state index contributed by atoms with van der Waals surface area (Å²) >= 11 is 0. The Labute approximate surface area is 126 Å².